The first-order valence-electron chi connectivity index (χ1n) is 7.02. The van der Waals surface area contributed by atoms with Crippen LogP contribution >= 0.6 is 0 Å². The SMILES string of the molecule is CCOCCS(=O)(=O)c1ncnn1C(=O)N(CC)C1CC1. The van der Waals surface area contributed by atoms with Crippen LogP contribution in [0.5, 0.6) is 0 Å². The second-order valence-electron chi connectivity index (χ2n) is 4.77. The average molecular weight is 316 g/mol. The number of amides is 1. The summed E-state index contributed by atoms with van der Waals surface area (Å²) < 4.78 is 30.4. The van der Waals surface area contributed by atoms with Gasteiger partial charge in [-0.15, -0.1) is 5.10 Å². The highest BCUT2D eigenvalue weighted by Gasteiger charge is 2.35. The van der Waals surface area contributed by atoms with Crippen molar-refractivity contribution in [1.29, 1.82) is 0 Å². The van der Waals surface area contributed by atoms with E-state index in [9.17, 15) is 13.2 Å². The number of sulfone groups is 1. The van der Waals surface area contributed by atoms with Gasteiger partial charge in [-0.05, 0) is 26.7 Å². The summed E-state index contributed by atoms with van der Waals surface area (Å²) in [7, 11) is -3.70. The highest BCUT2D eigenvalue weighted by atomic mass is 32.2. The molecule has 118 valence electrons. The fraction of sp³-hybridized carbons (Fsp3) is 0.750. The summed E-state index contributed by atoms with van der Waals surface area (Å²) in [6, 6.07) is -0.252. The van der Waals surface area contributed by atoms with E-state index >= 15 is 0 Å². The van der Waals surface area contributed by atoms with Gasteiger partial charge in [-0.2, -0.15) is 4.68 Å². The molecule has 1 heterocycles. The summed E-state index contributed by atoms with van der Waals surface area (Å²) in [6.45, 7) is 4.66. The predicted molar refractivity (Wildman–Crippen MR) is 74.8 cm³/mol. The lowest BCUT2D eigenvalue weighted by Crippen LogP contribution is -2.38. The highest BCUT2D eigenvalue weighted by molar-refractivity contribution is 7.91. The van der Waals surface area contributed by atoms with Crippen LogP contribution in [0.15, 0.2) is 11.5 Å². The third-order valence-corrected chi connectivity index (χ3v) is 4.79. The molecule has 1 aliphatic rings. The van der Waals surface area contributed by atoms with E-state index in [0.29, 0.717) is 13.2 Å². The van der Waals surface area contributed by atoms with E-state index in [4.69, 9.17) is 4.74 Å². The highest BCUT2D eigenvalue weighted by Crippen LogP contribution is 2.27. The zero-order chi connectivity index (χ0) is 15.5. The Hall–Kier alpha value is -1.48. The van der Waals surface area contributed by atoms with E-state index in [1.54, 1.807) is 11.8 Å². The number of hydrogen-bond donors (Lipinski definition) is 0. The summed E-state index contributed by atoms with van der Waals surface area (Å²) in [5.41, 5.74) is 0. The Morgan fingerprint density at radius 2 is 2.19 bits per heavy atom. The quantitative estimate of drug-likeness (QED) is 0.681. The zero-order valence-electron chi connectivity index (χ0n) is 12.2. The van der Waals surface area contributed by atoms with Crippen LogP contribution in [-0.2, 0) is 14.6 Å². The number of rotatable bonds is 7. The van der Waals surface area contributed by atoms with Crippen LogP contribution in [0.4, 0.5) is 4.79 Å². The molecular weight excluding hydrogens is 296 g/mol. The zero-order valence-corrected chi connectivity index (χ0v) is 13.0. The average Bonchev–Trinajstić information content (AvgIpc) is 3.14. The predicted octanol–water partition coefficient (Wildman–Crippen LogP) is 0.541. The van der Waals surface area contributed by atoms with Crippen molar-refractivity contribution in [2.24, 2.45) is 0 Å². The van der Waals surface area contributed by atoms with E-state index < -0.39 is 15.9 Å². The van der Waals surface area contributed by atoms with Gasteiger partial charge in [0, 0.05) is 19.2 Å². The van der Waals surface area contributed by atoms with Crippen LogP contribution < -0.4 is 0 Å². The normalized spacial score (nSPS) is 15.1. The van der Waals surface area contributed by atoms with E-state index in [2.05, 4.69) is 10.1 Å². The Bertz CT molecular complexity index is 594. The fourth-order valence-electron chi connectivity index (χ4n) is 2.04. The fourth-order valence-corrected chi connectivity index (χ4v) is 3.15. The van der Waals surface area contributed by atoms with Crippen LogP contribution in [0.1, 0.15) is 26.7 Å². The summed E-state index contributed by atoms with van der Waals surface area (Å²) in [5, 5.41) is 3.47. The van der Waals surface area contributed by atoms with Gasteiger partial charge in [0.05, 0.1) is 12.4 Å². The molecule has 0 saturated heterocycles. The molecule has 1 fully saturated rings. The maximum atomic E-state index is 12.4. The molecule has 0 radical (unpaired) electrons. The van der Waals surface area contributed by atoms with Gasteiger partial charge < -0.3 is 9.64 Å². The molecule has 0 spiro atoms. The minimum absolute atomic E-state index is 0.0694. The van der Waals surface area contributed by atoms with Gasteiger partial charge in [-0.1, -0.05) is 0 Å². The van der Waals surface area contributed by atoms with E-state index in [1.807, 2.05) is 6.92 Å². The Labute approximate surface area is 124 Å². The molecule has 0 N–H and O–H groups in total. The summed E-state index contributed by atoms with van der Waals surface area (Å²) in [6.07, 6.45) is 2.98. The lowest BCUT2D eigenvalue weighted by atomic mass is 10.5. The van der Waals surface area contributed by atoms with Crippen molar-refractivity contribution >= 4 is 15.9 Å². The largest absolute Gasteiger partial charge is 0.381 e. The number of carbonyl (C=O) groups excluding carboxylic acids is 1. The van der Waals surface area contributed by atoms with Gasteiger partial charge in [0.25, 0.3) is 5.16 Å². The Kier molecular flexibility index (Phi) is 4.94. The van der Waals surface area contributed by atoms with Crippen molar-refractivity contribution in [3.05, 3.63) is 6.33 Å². The Morgan fingerprint density at radius 3 is 2.76 bits per heavy atom. The lowest BCUT2D eigenvalue weighted by molar-refractivity contribution is 0.163. The minimum Gasteiger partial charge on any atom is -0.381 e. The van der Waals surface area contributed by atoms with Crippen molar-refractivity contribution in [2.45, 2.75) is 37.9 Å². The van der Waals surface area contributed by atoms with Crippen molar-refractivity contribution in [3.63, 3.8) is 0 Å². The smallest absolute Gasteiger partial charge is 0.347 e. The standard InChI is InChI=1S/C12H20N4O4S/c1-3-15(10-5-6-10)12(17)16-11(13-9-14-16)21(18,19)8-7-20-4-2/h9-10H,3-8H2,1-2H3. The van der Waals surface area contributed by atoms with Crippen LogP contribution in [0.3, 0.4) is 0 Å². The molecule has 0 aliphatic heterocycles. The number of nitrogens with zero attached hydrogens (tertiary/aromatic N) is 4. The molecule has 0 bridgehead atoms. The van der Waals surface area contributed by atoms with Gasteiger partial charge >= 0.3 is 6.03 Å². The minimum atomic E-state index is -3.70. The van der Waals surface area contributed by atoms with Gasteiger partial charge in [0.1, 0.15) is 6.33 Å². The molecule has 1 aromatic rings. The lowest BCUT2D eigenvalue weighted by Gasteiger charge is -2.20. The number of carbonyl (C=O) groups is 1. The number of ether oxygens (including phenoxy) is 1. The summed E-state index contributed by atoms with van der Waals surface area (Å²) in [4.78, 5) is 17.8. The molecule has 1 saturated carbocycles. The van der Waals surface area contributed by atoms with E-state index in [-0.39, 0.29) is 23.6 Å². The van der Waals surface area contributed by atoms with E-state index in [0.717, 1.165) is 23.9 Å². The summed E-state index contributed by atoms with van der Waals surface area (Å²) >= 11 is 0. The van der Waals surface area contributed by atoms with Crippen molar-refractivity contribution < 1.29 is 17.9 Å². The van der Waals surface area contributed by atoms with Crippen molar-refractivity contribution in [1.82, 2.24) is 19.7 Å². The Balaban J connectivity index is 2.19. The molecule has 2 rings (SSSR count). The molecule has 1 amide bonds. The molecule has 1 aromatic heterocycles. The number of aromatic nitrogens is 3. The first-order chi connectivity index (χ1) is 10.0. The first kappa shape index (κ1) is 15.9. The third-order valence-electron chi connectivity index (χ3n) is 3.25. The maximum Gasteiger partial charge on any atom is 0.347 e. The van der Waals surface area contributed by atoms with Crippen molar-refractivity contribution in [2.75, 3.05) is 25.5 Å². The van der Waals surface area contributed by atoms with Gasteiger partial charge in [0.2, 0.25) is 9.84 Å². The second-order valence-corrected chi connectivity index (χ2v) is 6.77. The number of hydrogen-bond acceptors (Lipinski definition) is 6. The van der Waals surface area contributed by atoms with Gasteiger partial charge in [-0.3, -0.25) is 0 Å². The third kappa shape index (κ3) is 3.59. The second kappa shape index (κ2) is 6.52. The molecule has 8 nitrogen and oxygen atoms in total. The first-order valence-corrected chi connectivity index (χ1v) is 8.68. The molecule has 1 aliphatic carbocycles. The van der Waals surface area contributed by atoms with Gasteiger partial charge in [-0.25, -0.2) is 18.2 Å². The van der Waals surface area contributed by atoms with Crippen LogP contribution in [0.2, 0.25) is 0 Å². The topological polar surface area (TPSA) is 94.4 Å². The molecular formula is C12H20N4O4S. The van der Waals surface area contributed by atoms with Gasteiger partial charge in [0.15, 0.2) is 0 Å². The molecule has 0 aromatic carbocycles. The molecule has 21 heavy (non-hydrogen) atoms. The van der Waals surface area contributed by atoms with Crippen LogP contribution in [0, 0.1) is 0 Å². The van der Waals surface area contributed by atoms with Crippen LogP contribution in [-0.4, -0.2) is 65.7 Å². The molecule has 0 atom stereocenters. The molecule has 9 heteroatoms. The van der Waals surface area contributed by atoms with Crippen LogP contribution in [0.25, 0.3) is 0 Å². The Morgan fingerprint density at radius 1 is 1.48 bits per heavy atom. The maximum absolute atomic E-state index is 12.4. The summed E-state index contributed by atoms with van der Waals surface area (Å²) in [5.74, 6) is -0.220. The van der Waals surface area contributed by atoms with E-state index in [1.165, 1.54) is 0 Å². The van der Waals surface area contributed by atoms with Crippen molar-refractivity contribution in [3.8, 4) is 0 Å². The monoisotopic (exact) mass is 316 g/mol. The molecule has 0 unspecified atom stereocenters.